The predicted octanol–water partition coefficient (Wildman–Crippen LogP) is 3.31. The standard InChI is InChI=1S/C21H34N4O.2ClH/c1-16(2)24-11-13-25(14-12-24)19-9-7-17(8-10-19)21(26)23-20-6-4-3-5-18(20)15-22;;/h7-10,16,18,20H,3-6,11-15,22H2,1-2H3,(H,23,26);2*1H. The lowest BCUT2D eigenvalue weighted by Gasteiger charge is -2.38. The van der Waals surface area contributed by atoms with Gasteiger partial charge in [-0.25, -0.2) is 0 Å². The number of piperazine rings is 1. The Morgan fingerprint density at radius 2 is 1.68 bits per heavy atom. The van der Waals surface area contributed by atoms with E-state index in [4.69, 9.17) is 5.73 Å². The van der Waals surface area contributed by atoms with E-state index in [1.807, 2.05) is 12.1 Å². The lowest BCUT2D eigenvalue weighted by molar-refractivity contribution is 0.0908. The summed E-state index contributed by atoms with van der Waals surface area (Å²) in [7, 11) is 0. The summed E-state index contributed by atoms with van der Waals surface area (Å²) >= 11 is 0. The molecule has 1 aliphatic heterocycles. The van der Waals surface area contributed by atoms with Gasteiger partial charge >= 0.3 is 0 Å². The molecule has 5 nitrogen and oxygen atoms in total. The second-order valence-corrected chi connectivity index (χ2v) is 8.02. The van der Waals surface area contributed by atoms with E-state index >= 15 is 0 Å². The van der Waals surface area contributed by atoms with Crippen LogP contribution in [0.25, 0.3) is 0 Å². The van der Waals surface area contributed by atoms with Crippen LogP contribution < -0.4 is 16.0 Å². The molecule has 2 unspecified atom stereocenters. The number of nitrogens with two attached hydrogens (primary N) is 1. The second-order valence-electron chi connectivity index (χ2n) is 8.02. The fraction of sp³-hybridized carbons (Fsp3) is 0.667. The van der Waals surface area contributed by atoms with Gasteiger partial charge in [0.05, 0.1) is 0 Å². The Hall–Kier alpha value is -1.01. The number of hydrogen-bond donors (Lipinski definition) is 2. The molecular weight excluding hydrogens is 395 g/mol. The minimum Gasteiger partial charge on any atom is -0.369 e. The van der Waals surface area contributed by atoms with Crippen LogP contribution in [0.1, 0.15) is 49.9 Å². The summed E-state index contributed by atoms with van der Waals surface area (Å²) in [5.41, 5.74) is 7.84. The monoisotopic (exact) mass is 430 g/mol. The van der Waals surface area contributed by atoms with Crippen molar-refractivity contribution in [2.24, 2.45) is 11.7 Å². The zero-order valence-electron chi connectivity index (χ0n) is 17.1. The van der Waals surface area contributed by atoms with Crippen molar-refractivity contribution < 1.29 is 4.79 Å². The molecule has 1 aromatic rings. The van der Waals surface area contributed by atoms with Crippen molar-refractivity contribution in [3.8, 4) is 0 Å². The van der Waals surface area contributed by atoms with Crippen LogP contribution in [0.3, 0.4) is 0 Å². The van der Waals surface area contributed by atoms with E-state index in [1.54, 1.807) is 0 Å². The topological polar surface area (TPSA) is 61.6 Å². The highest BCUT2D eigenvalue weighted by atomic mass is 35.5. The van der Waals surface area contributed by atoms with Crippen molar-refractivity contribution in [2.45, 2.75) is 51.6 Å². The van der Waals surface area contributed by atoms with Crippen LogP contribution in [0.5, 0.6) is 0 Å². The fourth-order valence-electron chi connectivity index (χ4n) is 4.25. The van der Waals surface area contributed by atoms with Crippen LogP contribution in [-0.2, 0) is 0 Å². The number of benzene rings is 1. The highest BCUT2D eigenvalue weighted by Gasteiger charge is 2.26. The molecule has 1 saturated heterocycles. The number of carbonyl (C=O) groups excluding carboxylic acids is 1. The molecule has 0 bridgehead atoms. The quantitative estimate of drug-likeness (QED) is 0.751. The molecule has 1 heterocycles. The summed E-state index contributed by atoms with van der Waals surface area (Å²) in [6, 6.07) is 8.92. The van der Waals surface area contributed by atoms with E-state index in [0.717, 1.165) is 44.6 Å². The number of anilines is 1. The lowest BCUT2D eigenvalue weighted by Crippen LogP contribution is -2.48. The van der Waals surface area contributed by atoms with E-state index in [-0.39, 0.29) is 36.8 Å². The molecule has 160 valence electrons. The molecule has 1 aliphatic carbocycles. The van der Waals surface area contributed by atoms with E-state index in [0.29, 0.717) is 18.5 Å². The van der Waals surface area contributed by atoms with Crippen LogP contribution in [-0.4, -0.2) is 55.6 Å². The molecule has 0 aromatic heterocycles. The van der Waals surface area contributed by atoms with Crippen molar-refractivity contribution in [3.05, 3.63) is 29.8 Å². The van der Waals surface area contributed by atoms with E-state index in [2.05, 4.69) is 41.1 Å². The van der Waals surface area contributed by atoms with Gasteiger partial charge in [-0.15, -0.1) is 24.8 Å². The summed E-state index contributed by atoms with van der Waals surface area (Å²) in [6.45, 7) is 9.46. The first-order valence-electron chi connectivity index (χ1n) is 10.2. The number of carbonyl (C=O) groups is 1. The number of hydrogen-bond acceptors (Lipinski definition) is 4. The average Bonchev–Trinajstić information content (AvgIpc) is 2.68. The van der Waals surface area contributed by atoms with Crippen LogP contribution in [0, 0.1) is 5.92 Å². The highest BCUT2D eigenvalue weighted by Crippen LogP contribution is 2.24. The maximum Gasteiger partial charge on any atom is 0.251 e. The molecule has 3 N–H and O–H groups in total. The molecule has 7 heteroatoms. The maximum atomic E-state index is 12.6. The van der Waals surface area contributed by atoms with Crippen LogP contribution >= 0.6 is 24.8 Å². The zero-order valence-corrected chi connectivity index (χ0v) is 18.7. The number of halogens is 2. The summed E-state index contributed by atoms with van der Waals surface area (Å²) in [6.07, 6.45) is 4.59. The van der Waals surface area contributed by atoms with Crippen LogP contribution in [0.4, 0.5) is 5.69 Å². The van der Waals surface area contributed by atoms with Crippen molar-refractivity contribution in [2.75, 3.05) is 37.6 Å². The maximum absolute atomic E-state index is 12.6. The summed E-state index contributed by atoms with van der Waals surface area (Å²) < 4.78 is 0. The third kappa shape index (κ3) is 6.24. The molecule has 0 spiro atoms. The highest BCUT2D eigenvalue weighted by molar-refractivity contribution is 5.94. The minimum atomic E-state index is 0. The van der Waals surface area contributed by atoms with Crippen molar-refractivity contribution in [3.63, 3.8) is 0 Å². The van der Waals surface area contributed by atoms with Gasteiger partial charge in [0.2, 0.25) is 0 Å². The van der Waals surface area contributed by atoms with Gasteiger partial charge in [-0.1, -0.05) is 12.8 Å². The average molecular weight is 431 g/mol. The fourth-order valence-corrected chi connectivity index (χ4v) is 4.25. The Labute approximate surface area is 182 Å². The Morgan fingerprint density at radius 3 is 2.25 bits per heavy atom. The van der Waals surface area contributed by atoms with Crippen molar-refractivity contribution in [1.82, 2.24) is 10.2 Å². The predicted molar refractivity (Wildman–Crippen MR) is 122 cm³/mol. The summed E-state index contributed by atoms with van der Waals surface area (Å²) in [4.78, 5) is 17.5. The smallest absolute Gasteiger partial charge is 0.251 e. The van der Waals surface area contributed by atoms with Crippen LogP contribution in [0.2, 0.25) is 0 Å². The Bertz CT molecular complexity index is 589. The molecule has 1 aromatic carbocycles. The van der Waals surface area contributed by atoms with Gasteiger partial charge in [-0.05, 0) is 63.4 Å². The molecule has 2 atom stereocenters. The van der Waals surface area contributed by atoms with Crippen molar-refractivity contribution >= 4 is 36.4 Å². The number of nitrogens with one attached hydrogen (secondary N) is 1. The van der Waals surface area contributed by atoms with Crippen molar-refractivity contribution in [1.29, 1.82) is 0 Å². The number of amides is 1. The van der Waals surface area contributed by atoms with Crippen LogP contribution in [0.15, 0.2) is 24.3 Å². The number of nitrogens with zero attached hydrogens (tertiary/aromatic N) is 2. The third-order valence-electron chi connectivity index (χ3n) is 6.07. The van der Waals surface area contributed by atoms with Gasteiger partial charge in [0.1, 0.15) is 0 Å². The molecule has 28 heavy (non-hydrogen) atoms. The lowest BCUT2D eigenvalue weighted by atomic mass is 9.84. The van der Waals surface area contributed by atoms with Gasteiger partial charge < -0.3 is 16.0 Å². The van der Waals surface area contributed by atoms with E-state index in [9.17, 15) is 4.79 Å². The van der Waals surface area contributed by atoms with E-state index < -0.39 is 0 Å². The normalized spacial score (nSPS) is 22.9. The van der Waals surface area contributed by atoms with E-state index in [1.165, 1.54) is 18.5 Å². The first-order valence-corrected chi connectivity index (χ1v) is 10.2. The molecule has 2 fully saturated rings. The van der Waals surface area contributed by atoms with Gasteiger partial charge in [-0.3, -0.25) is 9.69 Å². The molecule has 0 radical (unpaired) electrons. The van der Waals surface area contributed by atoms with Gasteiger partial charge in [0.25, 0.3) is 5.91 Å². The molecule has 1 saturated carbocycles. The first-order chi connectivity index (χ1) is 12.6. The third-order valence-corrected chi connectivity index (χ3v) is 6.07. The molecule has 1 amide bonds. The minimum absolute atomic E-state index is 0. The Morgan fingerprint density at radius 1 is 1.07 bits per heavy atom. The Kier molecular flexibility index (Phi) is 10.6. The second kappa shape index (κ2) is 11.9. The van der Waals surface area contributed by atoms with Gasteiger partial charge in [-0.2, -0.15) is 0 Å². The first kappa shape index (κ1) is 25.0. The molecule has 2 aliphatic rings. The number of rotatable bonds is 5. The molecule has 3 rings (SSSR count). The SMILES string of the molecule is CC(C)N1CCN(c2ccc(C(=O)NC3CCCCC3CN)cc2)CC1.Cl.Cl. The summed E-state index contributed by atoms with van der Waals surface area (Å²) in [5.74, 6) is 0.454. The van der Waals surface area contributed by atoms with Gasteiger partial charge in [0, 0.05) is 49.5 Å². The molecular formula is C21H36Cl2N4O. The summed E-state index contributed by atoms with van der Waals surface area (Å²) in [5, 5.41) is 3.21. The largest absolute Gasteiger partial charge is 0.369 e. The Balaban J connectivity index is 0.00000196. The zero-order chi connectivity index (χ0) is 18.5. The van der Waals surface area contributed by atoms with Gasteiger partial charge in [0.15, 0.2) is 0 Å².